The average molecular weight is 336 g/mol. The number of carbonyl (C=O) groups excluding carboxylic acids is 1. The monoisotopic (exact) mass is 336 g/mol. The fraction of sp³-hybridized carbons (Fsp3) is 0.400. The van der Waals surface area contributed by atoms with Crippen molar-refractivity contribution in [3.8, 4) is 11.4 Å². The average Bonchev–Trinajstić information content (AvgIpc) is 2.92. The molecule has 2 aromatic rings. The maximum Gasteiger partial charge on any atom is 0.321 e. The molecule has 1 aromatic heterocycles. The van der Waals surface area contributed by atoms with Crippen LogP contribution in [-0.4, -0.2) is 50.4 Å². The van der Waals surface area contributed by atoms with Crippen molar-refractivity contribution in [3.05, 3.63) is 30.2 Å². The van der Waals surface area contributed by atoms with E-state index in [0.717, 1.165) is 5.56 Å². The quantitative estimate of drug-likeness (QED) is 0.905. The maximum atomic E-state index is 12.3. The zero-order valence-corrected chi connectivity index (χ0v) is 14.4. The molecular weight excluding hydrogens is 316 g/mol. The summed E-state index contributed by atoms with van der Waals surface area (Å²) in [6.45, 7) is 3.58. The number of urea groups is 1. The van der Waals surface area contributed by atoms with Crippen molar-refractivity contribution in [1.82, 2.24) is 15.0 Å². The lowest BCUT2D eigenvalue weighted by atomic mass is 10.2. The third-order valence-electron chi connectivity index (χ3n) is 3.36. The van der Waals surface area contributed by atoms with Crippen LogP contribution in [0.1, 0.15) is 12.8 Å². The second kappa shape index (κ2) is 7.36. The molecule has 0 aliphatic heterocycles. The van der Waals surface area contributed by atoms with E-state index in [2.05, 4.69) is 15.5 Å². The SMILES string of the molecule is Cc1nc(-c2cccc(NC(=O)N(C)C(C)CS(C)=O)c2)no1. The first-order chi connectivity index (χ1) is 10.9. The Morgan fingerprint density at radius 2 is 2.22 bits per heavy atom. The summed E-state index contributed by atoms with van der Waals surface area (Å²) in [5.41, 5.74) is 1.39. The number of rotatable bonds is 5. The minimum atomic E-state index is -0.954. The van der Waals surface area contributed by atoms with Crippen molar-refractivity contribution in [2.24, 2.45) is 0 Å². The van der Waals surface area contributed by atoms with Gasteiger partial charge in [0.25, 0.3) is 0 Å². The Morgan fingerprint density at radius 3 is 2.83 bits per heavy atom. The number of nitrogens with one attached hydrogen (secondary N) is 1. The Kier molecular flexibility index (Phi) is 5.49. The molecule has 1 N–H and O–H groups in total. The van der Waals surface area contributed by atoms with Crippen LogP contribution < -0.4 is 5.32 Å². The topological polar surface area (TPSA) is 88.3 Å². The molecule has 1 aromatic carbocycles. The summed E-state index contributed by atoms with van der Waals surface area (Å²) in [6, 6.07) is 6.82. The number of hydrogen-bond donors (Lipinski definition) is 1. The van der Waals surface area contributed by atoms with Crippen molar-refractivity contribution in [2.75, 3.05) is 24.4 Å². The standard InChI is InChI=1S/C15H20N4O3S/c1-10(9-23(4)21)19(3)15(20)17-13-7-5-6-12(8-13)14-16-11(2)22-18-14/h5-8,10H,9H2,1-4H3,(H,17,20). The molecule has 0 aliphatic rings. The van der Waals surface area contributed by atoms with Gasteiger partial charge in [0.05, 0.1) is 0 Å². The molecule has 0 radical (unpaired) electrons. The van der Waals surface area contributed by atoms with E-state index in [4.69, 9.17) is 4.52 Å². The van der Waals surface area contributed by atoms with Gasteiger partial charge in [0.15, 0.2) is 0 Å². The predicted molar refractivity (Wildman–Crippen MR) is 89.6 cm³/mol. The Labute approximate surface area is 137 Å². The van der Waals surface area contributed by atoms with Crippen LogP contribution in [0.2, 0.25) is 0 Å². The minimum absolute atomic E-state index is 0.121. The summed E-state index contributed by atoms with van der Waals surface area (Å²) in [5, 5.41) is 6.67. The van der Waals surface area contributed by atoms with Gasteiger partial charge in [-0.05, 0) is 19.1 Å². The number of aromatic nitrogens is 2. The zero-order chi connectivity index (χ0) is 17.0. The van der Waals surface area contributed by atoms with Gasteiger partial charge in [-0.2, -0.15) is 4.98 Å². The van der Waals surface area contributed by atoms with Crippen LogP contribution in [0.5, 0.6) is 0 Å². The van der Waals surface area contributed by atoms with Gasteiger partial charge < -0.3 is 14.7 Å². The van der Waals surface area contributed by atoms with Crippen molar-refractivity contribution < 1.29 is 13.5 Å². The van der Waals surface area contributed by atoms with E-state index in [1.807, 2.05) is 13.0 Å². The van der Waals surface area contributed by atoms with Gasteiger partial charge in [-0.25, -0.2) is 4.79 Å². The summed E-state index contributed by atoms with van der Waals surface area (Å²) < 4.78 is 16.2. The molecule has 2 amide bonds. The van der Waals surface area contributed by atoms with Crippen molar-refractivity contribution in [2.45, 2.75) is 19.9 Å². The van der Waals surface area contributed by atoms with Crippen LogP contribution in [0.25, 0.3) is 11.4 Å². The third-order valence-corrected chi connectivity index (χ3v) is 4.31. The van der Waals surface area contributed by atoms with Crippen LogP contribution in [-0.2, 0) is 10.8 Å². The maximum absolute atomic E-state index is 12.3. The Bertz CT molecular complexity index is 716. The summed E-state index contributed by atoms with van der Waals surface area (Å²) in [4.78, 5) is 18.0. The molecule has 2 atom stereocenters. The predicted octanol–water partition coefficient (Wildman–Crippen LogP) is 2.28. The Morgan fingerprint density at radius 1 is 1.48 bits per heavy atom. The van der Waals surface area contributed by atoms with E-state index >= 15 is 0 Å². The summed E-state index contributed by atoms with van der Waals surface area (Å²) in [5.74, 6) is 1.39. The van der Waals surface area contributed by atoms with Crippen LogP contribution in [0.4, 0.5) is 10.5 Å². The molecule has 0 aliphatic carbocycles. The second-order valence-corrected chi connectivity index (χ2v) is 6.83. The highest BCUT2D eigenvalue weighted by Crippen LogP contribution is 2.20. The molecular formula is C15H20N4O3S. The van der Waals surface area contributed by atoms with Gasteiger partial charge >= 0.3 is 6.03 Å². The third kappa shape index (κ3) is 4.62. The number of hydrogen-bond acceptors (Lipinski definition) is 5. The molecule has 124 valence electrons. The van der Waals surface area contributed by atoms with E-state index in [1.54, 1.807) is 38.4 Å². The van der Waals surface area contributed by atoms with Gasteiger partial charge in [0.1, 0.15) is 0 Å². The van der Waals surface area contributed by atoms with E-state index in [-0.39, 0.29) is 12.1 Å². The highest BCUT2D eigenvalue weighted by molar-refractivity contribution is 7.84. The smallest absolute Gasteiger partial charge is 0.321 e. The van der Waals surface area contributed by atoms with E-state index in [0.29, 0.717) is 23.2 Å². The lowest BCUT2D eigenvalue weighted by Gasteiger charge is -2.24. The van der Waals surface area contributed by atoms with Gasteiger partial charge in [-0.15, -0.1) is 0 Å². The number of anilines is 1. The van der Waals surface area contributed by atoms with Gasteiger partial charge in [0, 0.05) is 54.1 Å². The molecule has 7 nitrogen and oxygen atoms in total. The second-order valence-electron chi connectivity index (χ2n) is 5.35. The number of amides is 2. The highest BCUT2D eigenvalue weighted by atomic mass is 32.2. The van der Waals surface area contributed by atoms with E-state index in [9.17, 15) is 9.00 Å². The largest absolute Gasteiger partial charge is 0.339 e. The summed E-state index contributed by atoms with van der Waals surface area (Å²) in [6.07, 6.45) is 1.62. The molecule has 2 rings (SSSR count). The normalized spacial score (nSPS) is 13.4. The zero-order valence-electron chi connectivity index (χ0n) is 13.6. The highest BCUT2D eigenvalue weighted by Gasteiger charge is 2.17. The van der Waals surface area contributed by atoms with Crippen LogP contribution in [0, 0.1) is 6.92 Å². The number of aryl methyl sites for hydroxylation is 1. The number of carbonyl (C=O) groups is 1. The summed E-state index contributed by atoms with van der Waals surface area (Å²) >= 11 is 0. The molecule has 1 heterocycles. The first kappa shape index (κ1) is 17.1. The Balaban J connectivity index is 2.08. The fourth-order valence-electron chi connectivity index (χ4n) is 2.02. The van der Waals surface area contributed by atoms with Crippen molar-refractivity contribution >= 4 is 22.5 Å². The first-order valence-corrected chi connectivity index (χ1v) is 8.84. The van der Waals surface area contributed by atoms with E-state index in [1.165, 1.54) is 4.90 Å². The molecule has 23 heavy (non-hydrogen) atoms. The van der Waals surface area contributed by atoms with E-state index < -0.39 is 10.8 Å². The van der Waals surface area contributed by atoms with Gasteiger partial charge in [-0.1, -0.05) is 17.3 Å². The lowest BCUT2D eigenvalue weighted by Crippen LogP contribution is -2.40. The molecule has 8 heteroatoms. The molecule has 0 saturated carbocycles. The van der Waals surface area contributed by atoms with Gasteiger partial charge in [-0.3, -0.25) is 4.21 Å². The van der Waals surface area contributed by atoms with Crippen LogP contribution in [0.15, 0.2) is 28.8 Å². The molecule has 0 fully saturated rings. The van der Waals surface area contributed by atoms with Crippen molar-refractivity contribution in [3.63, 3.8) is 0 Å². The van der Waals surface area contributed by atoms with Gasteiger partial charge in [0.2, 0.25) is 11.7 Å². The molecule has 2 unspecified atom stereocenters. The minimum Gasteiger partial charge on any atom is -0.339 e. The Hall–Kier alpha value is -2.22. The molecule has 0 saturated heterocycles. The number of nitrogens with zero attached hydrogens (tertiary/aromatic N) is 3. The van der Waals surface area contributed by atoms with Crippen molar-refractivity contribution in [1.29, 1.82) is 0 Å². The molecule has 0 spiro atoms. The number of benzene rings is 1. The van der Waals surface area contributed by atoms with Crippen LogP contribution in [0.3, 0.4) is 0 Å². The lowest BCUT2D eigenvalue weighted by molar-refractivity contribution is 0.212. The molecule has 0 bridgehead atoms. The first-order valence-electron chi connectivity index (χ1n) is 7.11. The summed E-state index contributed by atoms with van der Waals surface area (Å²) in [7, 11) is 0.726. The van der Waals surface area contributed by atoms with Crippen LogP contribution >= 0.6 is 0 Å². The fourth-order valence-corrected chi connectivity index (χ4v) is 2.92.